The molecule has 16 nitrogen and oxygen atoms in total. The van der Waals surface area contributed by atoms with Crippen molar-refractivity contribution in [1.29, 1.82) is 0 Å². The van der Waals surface area contributed by atoms with Gasteiger partial charge in [0.15, 0.2) is 29.1 Å². The second-order valence-corrected chi connectivity index (χ2v) is 31.7. The number of aromatic nitrogens is 16. The molecule has 0 radical (unpaired) electrons. The molecule has 0 saturated heterocycles. The third-order valence-electron chi connectivity index (χ3n) is 22.1. The van der Waals surface area contributed by atoms with Gasteiger partial charge < -0.3 is 0 Å². The highest BCUT2D eigenvalue weighted by atomic mass is 14.9. The van der Waals surface area contributed by atoms with E-state index < -0.39 is 0 Å². The van der Waals surface area contributed by atoms with Gasteiger partial charge in [-0.05, 0) is 144 Å². The van der Waals surface area contributed by atoms with Crippen molar-refractivity contribution in [3.63, 3.8) is 0 Å². The van der Waals surface area contributed by atoms with Crippen LogP contribution in [0.3, 0.4) is 0 Å². The zero-order chi connectivity index (χ0) is 90.5. The zero-order valence-electron chi connectivity index (χ0n) is 74.4. The maximum Gasteiger partial charge on any atom is 0.160 e. The molecule has 0 unspecified atom stereocenters. The Labute approximate surface area is 765 Å². The Kier molecular flexibility index (Phi) is 27.3. The predicted octanol–water partition coefficient (Wildman–Crippen LogP) is 27.8. The molecule has 0 N–H and O–H groups in total. The minimum atomic E-state index is 0.780. The molecule has 16 heteroatoms. The summed E-state index contributed by atoms with van der Waals surface area (Å²) < 4.78 is 0. The molecule has 636 valence electrons. The Morgan fingerprint density at radius 2 is 0.598 bits per heavy atom. The summed E-state index contributed by atoms with van der Waals surface area (Å²) in [6.07, 6.45) is 13.0. The van der Waals surface area contributed by atoms with Crippen LogP contribution in [0.25, 0.3) is 177 Å². The van der Waals surface area contributed by atoms with E-state index in [2.05, 4.69) is 224 Å². The summed E-state index contributed by atoms with van der Waals surface area (Å²) in [5.41, 5.74) is 25.5. The lowest BCUT2D eigenvalue weighted by atomic mass is 10.1. The van der Waals surface area contributed by atoms with Gasteiger partial charge in [0.2, 0.25) is 0 Å². The largest absolute Gasteiger partial charge is 0.254 e. The molecular formula is C116H92N16. The number of hydrogen-bond acceptors (Lipinski definition) is 16. The molecule has 24 aromatic rings. The van der Waals surface area contributed by atoms with Crippen molar-refractivity contribution in [2.45, 2.75) is 55.4 Å². The minimum Gasteiger partial charge on any atom is -0.254 e. The number of aryl methyl sites for hydroxylation is 8. The summed E-state index contributed by atoms with van der Waals surface area (Å²) in [6.45, 7) is 16.4. The highest BCUT2D eigenvalue weighted by molar-refractivity contribution is 6.05. The van der Waals surface area contributed by atoms with Crippen LogP contribution in [0.5, 0.6) is 0 Å². The number of rotatable bonds is 6. The van der Waals surface area contributed by atoms with Gasteiger partial charge in [-0.2, -0.15) is 0 Å². The maximum absolute atomic E-state index is 4.63. The summed E-state index contributed by atoms with van der Waals surface area (Å²) in [7, 11) is 0. The molecule has 0 aliphatic carbocycles. The van der Waals surface area contributed by atoms with Crippen LogP contribution < -0.4 is 0 Å². The van der Waals surface area contributed by atoms with Crippen molar-refractivity contribution in [3.05, 3.63) is 458 Å². The van der Waals surface area contributed by atoms with Gasteiger partial charge in [-0.1, -0.05) is 309 Å². The first-order valence-electron chi connectivity index (χ1n) is 43.6. The van der Waals surface area contributed by atoms with E-state index in [4.69, 9.17) is 0 Å². The fourth-order valence-electron chi connectivity index (χ4n) is 15.3. The molecule has 10 heterocycles. The predicted molar refractivity (Wildman–Crippen MR) is 542 cm³/mol. The van der Waals surface area contributed by atoms with Gasteiger partial charge in [0.1, 0.15) is 5.82 Å². The van der Waals surface area contributed by atoms with Crippen molar-refractivity contribution >= 4 is 109 Å². The smallest absolute Gasteiger partial charge is 0.160 e. The third-order valence-corrected chi connectivity index (χ3v) is 22.1. The maximum atomic E-state index is 4.63. The highest BCUT2D eigenvalue weighted by Gasteiger charge is 2.13. The molecule has 14 aromatic carbocycles. The van der Waals surface area contributed by atoms with Crippen LogP contribution in [0.1, 0.15) is 45.0 Å². The first-order valence-corrected chi connectivity index (χ1v) is 43.6. The normalized spacial score (nSPS) is 10.7. The second-order valence-electron chi connectivity index (χ2n) is 31.7. The lowest BCUT2D eigenvalue weighted by molar-refractivity contribution is 1.10. The lowest BCUT2D eigenvalue weighted by Crippen LogP contribution is -1.93. The lowest BCUT2D eigenvalue weighted by Gasteiger charge is -2.06. The molecular weight excluding hydrogens is 1620 g/mol. The molecule has 0 aliphatic rings. The van der Waals surface area contributed by atoms with E-state index in [1.165, 1.54) is 33.2 Å². The van der Waals surface area contributed by atoms with Crippen molar-refractivity contribution in [3.8, 4) is 68.2 Å². The standard InChI is InChI=1S/6C15H12N2.2C13H10N2/c1-11-6-5-9-14-13(11)10-16-15(17-14)12-7-3-2-4-8-12;1-11-6-5-9-13-10-16-15(17-14(11)13)12-7-3-2-4-8-12;1-11-16-14-10-6-5-9-13(14)15(17-11)12-7-3-2-4-8-12;1-11-13-9-5-6-10-14(13)17-15(16-11)12-7-3-2-4-8-12;1-11-7-8-14-13(9-11)10-16-15(17-14)12-5-3-2-4-6-12;1-11-7-8-13-10-16-15(17-14(13)9-11)12-5-3-2-4-6-12;1-9-8-10-4-2-6-14-12(10)13-11(9)5-3-7-15-13;1-9-4-5-11-7-6-10-3-2-8-14-12(10)13(11)15-9/h6*2-10H,1H3;2*2-8H,1H3. The highest BCUT2D eigenvalue weighted by Crippen LogP contribution is 2.31. The van der Waals surface area contributed by atoms with Gasteiger partial charge in [0.25, 0.3) is 0 Å². The number of pyridine rings is 4. The Balaban J connectivity index is 0.000000105. The number of fused-ring (bicyclic) bond motifs is 12. The van der Waals surface area contributed by atoms with E-state index in [1.807, 2.05) is 325 Å². The monoisotopic (exact) mass is 1710 g/mol. The fourth-order valence-corrected chi connectivity index (χ4v) is 15.3. The minimum absolute atomic E-state index is 0.780. The zero-order valence-corrected chi connectivity index (χ0v) is 74.4. The van der Waals surface area contributed by atoms with Gasteiger partial charge >= 0.3 is 0 Å². The van der Waals surface area contributed by atoms with Gasteiger partial charge in [-0.15, -0.1) is 0 Å². The number of benzene rings is 14. The fraction of sp³-hybridized carbons (Fsp3) is 0.0690. The summed E-state index contributed by atoms with van der Waals surface area (Å²) in [6, 6.07) is 124. The van der Waals surface area contributed by atoms with E-state index in [0.29, 0.717) is 0 Å². The summed E-state index contributed by atoms with van der Waals surface area (Å²) >= 11 is 0. The van der Waals surface area contributed by atoms with Crippen molar-refractivity contribution < 1.29 is 0 Å². The van der Waals surface area contributed by atoms with E-state index in [1.54, 1.807) is 0 Å². The number of hydrogen-bond donors (Lipinski definition) is 0. The van der Waals surface area contributed by atoms with Crippen molar-refractivity contribution in [1.82, 2.24) is 79.7 Å². The van der Waals surface area contributed by atoms with Crippen LogP contribution in [0, 0.1) is 55.4 Å². The van der Waals surface area contributed by atoms with Crippen LogP contribution in [0.4, 0.5) is 0 Å². The van der Waals surface area contributed by atoms with Crippen LogP contribution in [0.15, 0.2) is 413 Å². The summed E-state index contributed by atoms with van der Waals surface area (Å²) in [5.74, 6) is 4.73. The van der Waals surface area contributed by atoms with E-state index in [0.717, 1.165) is 189 Å². The first kappa shape index (κ1) is 86.9. The average molecular weight is 1710 g/mol. The Bertz CT molecular complexity index is 8040. The summed E-state index contributed by atoms with van der Waals surface area (Å²) in [5, 5.41) is 11.2. The van der Waals surface area contributed by atoms with Crippen LogP contribution in [0.2, 0.25) is 0 Å². The molecule has 0 saturated carbocycles. The Hall–Kier alpha value is -17.2. The molecule has 132 heavy (non-hydrogen) atoms. The van der Waals surface area contributed by atoms with Gasteiger partial charge in [-0.3, -0.25) is 19.9 Å². The molecule has 0 amide bonds. The van der Waals surface area contributed by atoms with E-state index in [-0.39, 0.29) is 0 Å². The first-order chi connectivity index (χ1) is 64.7. The molecule has 0 aliphatic heterocycles. The van der Waals surface area contributed by atoms with Crippen molar-refractivity contribution in [2.24, 2.45) is 0 Å². The second kappa shape index (κ2) is 41.5. The topological polar surface area (TPSA) is 206 Å². The SMILES string of the molecule is Cc1cc2cccnc2c2ncccc12.Cc1ccc2ccc3cccnc3c2n1.Cc1ccc2cnc(-c3ccccc3)nc2c1.Cc1ccc2nc(-c3ccccc3)ncc2c1.Cc1cccc2cnc(-c3ccccc3)nc12.Cc1cccc2nc(-c3ccccc3)ncc12.Cc1nc(-c2ccccc2)c2ccccc2n1.Cc1nc(-c2ccccc2)nc2ccccc12. The Morgan fingerprint density at radius 3 is 1.23 bits per heavy atom. The van der Waals surface area contributed by atoms with Gasteiger partial charge in [0, 0.05) is 142 Å². The van der Waals surface area contributed by atoms with Crippen LogP contribution >= 0.6 is 0 Å². The van der Waals surface area contributed by atoms with Crippen molar-refractivity contribution in [2.75, 3.05) is 0 Å². The molecule has 24 rings (SSSR count). The van der Waals surface area contributed by atoms with E-state index >= 15 is 0 Å². The quantitative estimate of drug-likeness (QED) is 0.142. The van der Waals surface area contributed by atoms with Crippen LogP contribution in [-0.4, -0.2) is 79.7 Å². The van der Waals surface area contributed by atoms with Gasteiger partial charge in [0.05, 0.1) is 60.9 Å². The number of para-hydroxylation sites is 3. The third kappa shape index (κ3) is 21.2. The molecule has 0 atom stereocenters. The van der Waals surface area contributed by atoms with Gasteiger partial charge in [-0.25, -0.2) is 59.8 Å². The number of nitrogens with zero attached hydrogens (tertiary/aromatic N) is 16. The molecule has 10 aromatic heterocycles. The van der Waals surface area contributed by atoms with Crippen LogP contribution in [-0.2, 0) is 0 Å². The van der Waals surface area contributed by atoms with E-state index in [9.17, 15) is 0 Å². The molecule has 0 spiro atoms. The molecule has 0 fully saturated rings. The summed E-state index contributed by atoms with van der Waals surface area (Å²) in [4.78, 5) is 71.9. The average Bonchev–Trinajstić information content (AvgIpc) is 0.792. The Morgan fingerprint density at radius 1 is 0.182 bits per heavy atom. The molecule has 0 bridgehead atoms.